The van der Waals surface area contributed by atoms with Crippen LogP contribution in [0.4, 0.5) is 0 Å². The monoisotopic (exact) mass is 335 g/mol. The molecule has 0 amide bonds. The summed E-state index contributed by atoms with van der Waals surface area (Å²) in [6.45, 7) is 9.58. The van der Waals surface area contributed by atoms with Crippen LogP contribution in [0.15, 0.2) is 0 Å². The molecule has 0 rings (SSSR count). The van der Waals surface area contributed by atoms with Gasteiger partial charge in [-0.1, -0.05) is 53.4 Å². The van der Waals surface area contributed by atoms with E-state index in [1.165, 1.54) is 0 Å². The van der Waals surface area contributed by atoms with E-state index < -0.39 is 0 Å². The van der Waals surface area contributed by atoms with E-state index in [4.69, 9.17) is 20.4 Å². The standard InChI is InChI=1S/4C4H10O.K/c4*1-2-3-4-5;/h4*5H,2-4H2,1H3;. The minimum atomic E-state index is 0. The van der Waals surface area contributed by atoms with Crippen molar-refractivity contribution in [1.82, 2.24) is 0 Å². The van der Waals surface area contributed by atoms with Gasteiger partial charge in [0.1, 0.15) is 0 Å². The quantitative estimate of drug-likeness (QED) is 0.514. The molecule has 0 fully saturated rings. The largest absolute Gasteiger partial charge is 0.396 e. The van der Waals surface area contributed by atoms with Gasteiger partial charge in [0, 0.05) is 77.8 Å². The fraction of sp³-hybridized carbons (Fsp3) is 1.00. The maximum absolute atomic E-state index is 8.07. The molecule has 0 spiro atoms. The van der Waals surface area contributed by atoms with Crippen LogP contribution in [0.5, 0.6) is 0 Å². The minimum Gasteiger partial charge on any atom is -0.396 e. The van der Waals surface area contributed by atoms with Gasteiger partial charge in [0.05, 0.1) is 0 Å². The van der Waals surface area contributed by atoms with Crippen LogP contribution in [0.1, 0.15) is 79.1 Å². The SMILES string of the molecule is CCCCO.CCCCO.CCCCO.CCCCO.[K]. The van der Waals surface area contributed by atoms with Gasteiger partial charge in [-0.2, -0.15) is 0 Å². The maximum Gasteiger partial charge on any atom is 0.0430 e. The summed E-state index contributed by atoms with van der Waals surface area (Å²) in [5.41, 5.74) is 0. The Bertz CT molecular complexity index is 74.3. The molecule has 4 N–H and O–H groups in total. The Kier molecular flexibility index (Phi) is 80.1. The summed E-state index contributed by atoms with van der Waals surface area (Å²) < 4.78 is 0. The van der Waals surface area contributed by atoms with Crippen LogP contribution in [-0.2, 0) is 0 Å². The summed E-state index contributed by atoms with van der Waals surface area (Å²) >= 11 is 0. The molecule has 0 unspecified atom stereocenters. The van der Waals surface area contributed by atoms with Crippen molar-refractivity contribution in [2.75, 3.05) is 26.4 Å². The summed E-state index contributed by atoms with van der Waals surface area (Å²) in [5.74, 6) is 0. The summed E-state index contributed by atoms with van der Waals surface area (Å²) in [5, 5.41) is 32.3. The predicted molar refractivity (Wildman–Crippen MR) is 93.7 cm³/mol. The van der Waals surface area contributed by atoms with Gasteiger partial charge < -0.3 is 20.4 Å². The fourth-order valence-electron chi connectivity index (χ4n) is 0.632. The number of aliphatic hydroxyl groups is 4. The molecule has 1 radical (unpaired) electrons. The molecule has 129 valence electrons. The Labute approximate surface area is 175 Å². The first-order valence-corrected chi connectivity index (χ1v) is 8.09. The second-order valence-electron chi connectivity index (χ2n) is 4.31. The fourth-order valence-corrected chi connectivity index (χ4v) is 0.632. The van der Waals surface area contributed by atoms with E-state index >= 15 is 0 Å². The molecule has 0 saturated carbocycles. The number of hydrogen-bond acceptors (Lipinski definition) is 4. The Morgan fingerprint density at radius 3 is 0.571 bits per heavy atom. The summed E-state index contributed by atoms with van der Waals surface area (Å²) in [7, 11) is 0. The summed E-state index contributed by atoms with van der Waals surface area (Å²) in [6.07, 6.45) is 8.15. The van der Waals surface area contributed by atoms with Crippen LogP contribution >= 0.6 is 0 Å². The molecule has 0 heterocycles. The van der Waals surface area contributed by atoms with Crippen molar-refractivity contribution in [3.8, 4) is 0 Å². The number of unbranched alkanes of at least 4 members (excludes halogenated alkanes) is 4. The Hall–Kier alpha value is 1.48. The molecule has 4 nitrogen and oxygen atoms in total. The average Bonchev–Trinajstić information content (AvgIpc) is 2.44. The average molecular weight is 336 g/mol. The van der Waals surface area contributed by atoms with Gasteiger partial charge in [-0.25, -0.2) is 0 Å². The van der Waals surface area contributed by atoms with Crippen molar-refractivity contribution >= 4 is 51.4 Å². The van der Waals surface area contributed by atoms with E-state index in [9.17, 15) is 0 Å². The molecule has 0 aliphatic carbocycles. The van der Waals surface area contributed by atoms with Gasteiger partial charge >= 0.3 is 0 Å². The predicted octanol–water partition coefficient (Wildman–Crippen LogP) is 2.73. The molecule has 0 aromatic carbocycles. The van der Waals surface area contributed by atoms with Gasteiger partial charge in [-0.3, -0.25) is 0 Å². The number of aliphatic hydroxyl groups excluding tert-OH is 4. The molecular formula is C16H40KO4. The van der Waals surface area contributed by atoms with Gasteiger partial charge in [0.15, 0.2) is 0 Å². The molecule has 0 aliphatic rings. The van der Waals surface area contributed by atoms with E-state index in [0.29, 0.717) is 26.4 Å². The molecular weight excluding hydrogens is 295 g/mol. The van der Waals surface area contributed by atoms with Gasteiger partial charge in [-0.15, -0.1) is 0 Å². The van der Waals surface area contributed by atoms with Crippen LogP contribution in [0.2, 0.25) is 0 Å². The molecule has 21 heavy (non-hydrogen) atoms. The van der Waals surface area contributed by atoms with Crippen molar-refractivity contribution in [2.24, 2.45) is 0 Å². The Morgan fingerprint density at radius 2 is 0.571 bits per heavy atom. The van der Waals surface area contributed by atoms with Crippen molar-refractivity contribution in [1.29, 1.82) is 0 Å². The van der Waals surface area contributed by atoms with Crippen LogP contribution in [-0.4, -0.2) is 98.2 Å². The van der Waals surface area contributed by atoms with E-state index in [2.05, 4.69) is 27.7 Å². The third-order valence-electron chi connectivity index (χ3n) is 2.05. The zero-order valence-corrected chi connectivity index (χ0v) is 18.4. The molecule has 5 heteroatoms. The van der Waals surface area contributed by atoms with E-state index in [1.807, 2.05) is 0 Å². The number of hydrogen-bond donors (Lipinski definition) is 4. The van der Waals surface area contributed by atoms with Gasteiger partial charge in [-0.05, 0) is 25.7 Å². The van der Waals surface area contributed by atoms with Crippen LogP contribution in [0.25, 0.3) is 0 Å². The van der Waals surface area contributed by atoms with Crippen molar-refractivity contribution in [3.63, 3.8) is 0 Å². The molecule has 0 atom stereocenters. The third kappa shape index (κ3) is 90.7. The zero-order chi connectivity index (χ0) is 16.5. The topological polar surface area (TPSA) is 80.9 Å². The number of rotatable bonds is 8. The zero-order valence-electron chi connectivity index (χ0n) is 15.3. The van der Waals surface area contributed by atoms with Gasteiger partial charge in [0.25, 0.3) is 0 Å². The molecule has 0 aromatic heterocycles. The van der Waals surface area contributed by atoms with Crippen molar-refractivity contribution < 1.29 is 20.4 Å². The summed E-state index contributed by atoms with van der Waals surface area (Å²) in [4.78, 5) is 0. The van der Waals surface area contributed by atoms with E-state index in [1.54, 1.807) is 0 Å². The first-order valence-electron chi connectivity index (χ1n) is 8.09. The second kappa shape index (κ2) is 49.6. The van der Waals surface area contributed by atoms with Crippen molar-refractivity contribution in [3.05, 3.63) is 0 Å². The van der Waals surface area contributed by atoms with Crippen LogP contribution < -0.4 is 0 Å². The Balaban J connectivity index is -0.0000000533. The maximum atomic E-state index is 8.07. The minimum absolute atomic E-state index is 0. The third-order valence-corrected chi connectivity index (χ3v) is 2.05. The first kappa shape index (κ1) is 33.9. The normalized spacial score (nSPS) is 8.00. The summed E-state index contributed by atoms with van der Waals surface area (Å²) in [6, 6.07) is 0. The second-order valence-corrected chi connectivity index (χ2v) is 4.31. The smallest absolute Gasteiger partial charge is 0.0430 e. The molecule has 0 aliphatic heterocycles. The molecule has 0 saturated heterocycles. The first-order chi connectivity index (χ1) is 9.66. The van der Waals surface area contributed by atoms with E-state index in [-0.39, 0.29) is 51.4 Å². The van der Waals surface area contributed by atoms with Crippen molar-refractivity contribution in [2.45, 2.75) is 79.1 Å². The van der Waals surface area contributed by atoms with Gasteiger partial charge in [0.2, 0.25) is 0 Å². The Morgan fingerprint density at radius 1 is 0.429 bits per heavy atom. The van der Waals surface area contributed by atoms with Crippen LogP contribution in [0, 0.1) is 0 Å². The van der Waals surface area contributed by atoms with Crippen LogP contribution in [0.3, 0.4) is 0 Å². The van der Waals surface area contributed by atoms with E-state index in [0.717, 1.165) is 51.4 Å². The molecule has 0 bridgehead atoms. The molecule has 0 aromatic rings.